The molecular formula is C13H25N3. The molecule has 0 aliphatic carbocycles. The SMILES string of the molecule is CC(CCNC(C)(C)C)Cc1cnn(C)c1. The summed E-state index contributed by atoms with van der Waals surface area (Å²) in [5.74, 6) is 0.707. The molecule has 1 aromatic heterocycles. The molecule has 0 spiro atoms. The summed E-state index contributed by atoms with van der Waals surface area (Å²) in [7, 11) is 1.97. The zero-order chi connectivity index (χ0) is 12.2. The Kier molecular flexibility index (Phi) is 4.54. The number of nitrogens with zero attached hydrogens (tertiary/aromatic N) is 2. The molecule has 0 fully saturated rings. The van der Waals surface area contributed by atoms with Crippen LogP contribution in [0.25, 0.3) is 0 Å². The summed E-state index contributed by atoms with van der Waals surface area (Å²) in [6.07, 6.45) is 6.41. The van der Waals surface area contributed by atoms with E-state index in [4.69, 9.17) is 0 Å². The van der Waals surface area contributed by atoms with Crippen molar-refractivity contribution in [1.82, 2.24) is 15.1 Å². The molecule has 0 aliphatic heterocycles. The van der Waals surface area contributed by atoms with Gasteiger partial charge in [0.15, 0.2) is 0 Å². The van der Waals surface area contributed by atoms with Gasteiger partial charge in [0, 0.05) is 18.8 Å². The molecule has 0 aromatic carbocycles. The van der Waals surface area contributed by atoms with Crippen LogP contribution in [0.2, 0.25) is 0 Å². The quantitative estimate of drug-likeness (QED) is 0.830. The van der Waals surface area contributed by atoms with E-state index in [-0.39, 0.29) is 5.54 Å². The number of hydrogen-bond donors (Lipinski definition) is 1. The summed E-state index contributed by atoms with van der Waals surface area (Å²) in [5, 5.41) is 7.71. The van der Waals surface area contributed by atoms with Crippen molar-refractivity contribution in [1.29, 1.82) is 0 Å². The van der Waals surface area contributed by atoms with Crippen molar-refractivity contribution in [2.45, 2.75) is 46.1 Å². The molecule has 0 saturated carbocycles. The zero-order valence-electron chi connectivity index (χ0n) is 11.2. The third-order valence-corrected chi connectivity index (χ3v) is 2.63. The highest BCUT2D eigenvalue weighted by atomic mass is 15.2. The normalized spacial score (nSPS) is 14.1. The summed E-state index contributed by atoms with van der Waals surface area (Å²) < 4.78 is 1.87. The Balaban J connectivity index is 2.23. The van der Waals surface area contributed by atoms with Crippen LogP contribution in [-0.2, 0) is 13.5 Å². The summed E-state index contributed by atoms with van der Waals surface area (Å²) in [5.41, 5.74) is 1.57. The summed E-state index contributed by atoms with van der Waals surface area (Å²) >= 11 is 0. The van der Waals surface area contributed by atoms with E-state index in [9.17, 15) is 0 Å². The number of aromatic nitrogens is 2. The lowest BCUT2D eigenvalue weighted by Gasteiger charge is -2.21. The van der Waals surface area contributed by atoms with Crippen molar-refractivity contribution in [2.75, 3.05) is 6.54 Å². The Morgan fingerprint density at radius 2 is 2.12 bits per heavy atom. The second-order valence-corrected chi connectivity index (χ2v) is 5.80. The van der Waals surface area contributed by atoms with Gasteiger partial charge in [0.05, 0.1) is 6.20 Å². The van der Waals surface area contributed by atoms with Gasteiger partial charge in [0.2, 0.25) is 0 Å². The first-order chi connectivity index (χ1) is 7.37. The highest BCUT2D eigenvalue weighted by molar-refractivity contribution is 5.04. The molecule has 3 heteroatoms. The average Bonchev–Trinajstić information content (AvgIpc) is 2.48. The van der Waals surface area contributed by atoms with Crippen LogP contribution in [0.15, 0.2) is 12.4 Å². The molecule has 1 heterocycles. The third kappa shape index (κ3) is 5.31. The van der Waals surface area contributed by atoms with Gasteiger partial charge in [-0.05, 0) is 51.6 Å². The molecule has 1 N–H and O–H groups in total. The largest absolute Gasteiger partial charge is 0.312 e. The second-order valence-electron chi connectivity index (χ2n) is 5.80. The molecule has 1 rings (SSSR count). The smallest absolute Gasteiger partial charge is 0.0521 e. The Labute approximate surface area is 99.2 Å². The van der Waals surface area contributed by atoms with Crippen LogP contribution in [0.5, 0.6) is 0 Å². The molecule has 0 amide bonds. The van der Waals surface area contributed by atoms with Crippen molar-refractivity contribution in [3.63, 3.8) is 0 Å². The van der Waals surface area contributed by atoms with Gasteiger partial charge in [-0.25, -0.2) is 0 Å². The van der Waals surface area contributed by atoms with Crippen LogP contribution in [0.4, 0.5) is 0 Å². The molecule has 1 aromatic rings. The Hall–Kier alpha value is -0.830. The maximum Gasteiger partial charge on any atom is 0.0521 e. The zero-order valence-corrected chi connectivity index (χ0v) is 11.2. The lowest BCUT2D eigenvalue weighted by molar-refractivity contribution is 0.394. The molecule has 16 heavy (non-hydrogen) atoms. The van der Waals surface area contributed by atoms with Crippen molar-refractivity contribution < 1.29 is 0 Å². The van der Waals surface area contributed by atoms with Crippen LogP contribution in [0.3, 0.4) is 0 Å². The van der Waals surface area contributed by atoms with Crippen molar-refractivity contribution in [3.8, 4) is 0 Å². The van der Waals surface area contributed by atoms with Crippen LogP contribution >= 0.6 is 0 Å². The van der Waals surface area contributed by atoms with E-state index in [1.165, 1.54) is 12.0 Å². The van der Waals surface area contributed by atoms with E-state index in [0.717, 1.165) is 13.0 Å². The van der Waals surface area contributed by atoms with E-state index in [2.05, 4.69) is 44.3 Å². The fraction of sp³-hybridized carbons (Fsp3) is 0.769. The van der Waals surface area contributed by atoms with Gasteiger partial charge in [-0.3, -0.25) is 4.68 Å². The highest BCUT2D eigenvalue weighted by Crippen LogP contribution is 2.11. The van der Waals surface area contributed by atoms with Crippen LogP contribution in [-0.4, -0.2) is 21.9 Å². The van der Waals surface area contributed by atoms with Crippen molar-refractivity contribution in [2.24, 2.45) is 13.0 Å². The topological polar surface area (TPSA) is 29.9 Å². The fourth-order valence-electron chi connectivity index (χ4n) is 1.78. The van der Waals surface area contributed by atoms with Gasteiger partial charge in [-0.1, -0.05) is 6.92 Å². The van der Waals surface area contributed by atoms with Crippen LogP contribution in [0, 0.1) is 5.92 Å². The average molecular weight is 223 g/mol. The summed E-state index contributed by atoms with van der Waals surface area (Å²) in [6.45, 7) is 10.0. The highest BCUT2D eigenvalue weighted by Gasteiger charge is 2.10. The minimum absolute atomic E-state index is 0.230. The lowest BCUT2D eigenvalue weighted by Crippen LogP contribution is -2.37. The number of aryl methyl sites for hydroxylation is 1. The minimum Gasteiger partial charge on any atom is -0.312 e. The Morgan fingerprint density at radius 3 is 2.62 bits per heavy atom. The second kappa shape index (κ2) is 5.48. The van der Waals surface area contributed by atoms with E-state index in [1.54, 1.807) is 0 Å². The molecule has 0 bridgehead atoms. The first-order valence-electron chi connectivity index (χ1n) is 6.09. The van der Waals surface area contributed by atoms with Gasteiger partial charge < -0.3 is 5.32 Å². The number of nitrogens with one attached hydrogen (secondary N) is 1. The minimum atomic E-state index is 0.230. The Bertz CT molecular complexity index is 309. The molecule has 0 radical (unpaired) electrons. The van der Waals surface area contributed by atoms with Gasteiger partial charge in [-0.15, -0.1) is 0 Å². The molecule has 1 unspecified atom stereocenters. The lowest BCUT2D eigenvalue weighted by atomic mass is 9.99. The maximum atomic E-state index is 4.19. The van der Waals surface area contributed by atoms with E-state index < -0.39 is 0 Å². The summed E-state index contributed by atoms with van der Waals surface area (Å²) in [4.78, 5) is 0. The first-order valence-corrected chi connectivity index (χ1v) is 6.09. The van der Waals surface area contributed by atoms with Gasteiger partial charge >= 0.3 is 0 Å². The standard InChI is InChI=1S/C13H25N3/c1-11(6-7-14-13(2,3)4)8-12-9-15-16(5)10-12/h9-11,14H,6-8H2,1-5H3. The van der Waals surface area contributed by atoms with E-state index >= 15 is 0 Å². The molecular weight excluding hydrogens is 198 g/mol. The van der Waals surface area contributed by atoms with Crippen LogP contribution < -0.4 is 5.32 Å². The van der Waals surface area contributed by atoms with Gasteiger partial charge in [-0.2, -0.15) is 5.10 Å². The molecule has 3 nitrogen and oxygen atoms in total. The van der Waals surface area contributed by atoms with E-state index in [0.29, 0.717) is 5.92 Å². The predicted octanol–water partition coefficient (Wildman–Crippen LogP) is 2.38. The molecule has 0 saturated heterocycles. The monoisotopic (exact) mass is 223 g/mol. The molecule has 0 aliphatic rings. The van der Waals surface area contributed by atoms with Crippen LogP contribution in [0.1, 0.15) is 39.7 Å². The van der Waals surface area contributed by atoms with Crippen molar-refractivity contribution >= 4 is 0 Å². The fourth-order valence-corrected chi connectivity index (χ4v) is 1.78. The molecule has 1 atom stereocenters. The van der Waals surface area contributed by atoms with E-state index in [1.807, 2.05) is 17.9 Å². The summed E-state index contributed by atoms with van der Waals surface area (Å²) in [6, 6.07) is 0. The van der Waals surface area contributed by atoms with Crippen molar-refractivity contribution in [3.05, 3.63) is 18.0 Å². The van der Waals surface area contributed by atoms with Gasteiger partial charge in [0.25, 0.3) is 0 Å². The predicted molar refractivity (Wildman–Crippen MR) is 68.4 cm³/mol. The molecule has 92 valence electrons. The number of rotatable bonds is 5. The Morgan fingerprint density at radius 1 is 1.44 bits per heavy atom. The van der Waals surface area contributed by atoms with Gasteiger partial charge in [0.1, 0.15) is 0 Å². The maximum absolute atomic E-state index is 4.19. The third-order valence-electron chi connectivity index (χ3n) is 2.63. The first kappa shape index (κ1) is 13.2. The number of hydrogen-bond acceptors (Lipinski definition) is 2.